The average Bonchev–Trinajstić information content (AvgIpc) is 2.20. The fourth-order valence-corrected chi connectivity index (χ4v) is 1.89. The van der Waals surface area contributed by atoms with E-state index < -0.39 is 0 Å². The summed E-state index contributed by atoms with van der Waals surface area (Å²) < 4.78 is 0. The van der Waals surface area contributed by atoms with E-state index in [1.807, 2.05) is 18.2 Å². The first kappa shape index (κ1) is 9.07. The van der Waals surface area contributed by atoms with E-state index in [1.54, 1.807) is 6.07 Å². The molecule has 0 aliphatic heterocycles. The van der Waals surface area contributed by atoms with Crippen molar-refractivity contribution in [2.75, 3.05) is 0 Å². The fourth-order valence-electron chi connectivity index (χ4n) is 1.89. The van der Waals surface area contributed by atoms with Crippen molar-refractivity contribution in [2.45, 2.75) is 19.3 Å². The number of benzene rings is 1. The van der Waals surface area contributed by atoms with Crippen molar-refractivity contribution < 1.29 is 5.11 Å². The second kappa shape index (κ2) is 3.70. The van der Waals surface area contributed by atoms with Crippen molar-refractivity contribution in [1.82, 2.24) is 0 Å². The standard InChI is InChI=1S/C13H14O/c1-10-6-2-3-7-11(10)12-8-4-5-9-13(12)14/h2-6,8-9,11,14H,7H2,1H3. The fraction of sp³-hybridized carbons (Fsp3) is 0.231. The second-order valence-electron chi connectivity index (χ2n) is 3.69. The zero-order chi connectivity index (χ0) is 9.97. The molecule has 1 nitrogen and oxygen atoms in total. The number of allylic oxidation sites excluding steroid dienone is 4. The Morgan fingerprint density at radius 2 is 2.07 bits per heavy atom. The minimum atomic E-state index is 0.348. The number of hydrogen-bond acceptors (Lipinski definition) is 1. The maximum Gasteiger partial charge on any atom is 0.119 e. The SMILES string of the molecule is CC1=CC=CCC1c1ccccc1O. The highest BCUT2D eigenvalue weighted by atomic mass is 16.3. The number of para-hydroxylation sites is 1. The minimum absolute atomic E-state index is 0.348. The van der Waals surface area contributed by atoms with Gasteiger partial charge >= 0.3 is 0 Å². The van der Waals surface area contributed by atoms with Crippen LogP contribution in [0.5, 0.6) is 5.75 Å². The Balaban J connectivity index is 2.37. The molecule has 1 heteroatoms. The van der Waals surface area contributed by atoms with Crippen molar-refractivity contribution in [3.63, 3.8) is 0 Å². The smallest absolute Gasteiger partial charge is 0.119 e. The van der Waals surface area contributed by atoms with Crippen LogP contribution in [0.3, 0.4) is 0 Å². The van der Waals surface area contributed by atoms with E-state index in [-0.39, 0.29) is 0 Å². The van der Waals surface area contributed by atoms with Crippen LogP contribution in [0.25, 0.3) is 0 Å². The molecule has 1 aromatic carbocycles. The Morgan fingerprint density at radius 1 is 1.29 bits per heavy atom. The molecule has 0 bridgehead atoms. The van der Waals surface area contributed by atoms with Gasteiger partial charge in [0.15, 0.2) is 0 Å². The molecule has 0 heterocycles. The van der Waals surface area contributed by atoms with Gasteiger partial charge in [-0.3, -0.25) is 0 Å². The van der Waals surface area contributed by atoms with E-state index in [1.165, 1.54) is 5.57 Å². The molecule has 2 rings (SSSR count). The lowest BCUT2D eigenvalue weighted by atomic mass is 9.86. The Labute approximate surface area is 84.4 Å². The van der Waals surface area contributed by atoms with Crippen LogP contribution in [0, 0.1) is 0 Å². The predicted molar refractivity (Wildman–Crippen MR) is 58.4 cm³/mol. The van der Waals surface area contributed by atoms with Gasteiger partial charge in [-0.05, 0) is 19.4 Å². The number of hydrogen-bond donors (Lipinski definition) is 1. The number of rotatable bonds is 1. The molecule has 1 aliphatic carbocycles. The molecule has 1 atom stereocenters. The maximum atomic E-state index is 9.73. The molecule has 0 radical (unpaired) electrons. The van der Waals surface area contributed by atoms with Gasteiger partial charge < -0.3 is 5.11 Å². The van der Waals surface area contributed by atoms with Crippen LogP contribution < -0.4 is 0 Å². The summed E-state index contributed by atoms with van der Waals surface area (Å²) in [5.41, 5.74) is 2.35. The van der Waals surface area contributed by atoms with E-state index >= 15 is 0 Å². The lowest BCUT2D eigenvalue weighted by Gasteiger charge is -2.19. The third kappa shape index (κ3) is 1.58. The molecular formula is C13H14O. The maximum absolute atomic E-state index is 9.73. The molecule has 0 amide bonds. The highest BCUT2D eigenvalue weighted by Crippen LogP contribution is 2.35. The quantitative estimate of drug-likeness (QED) is 0.712. The van der Waals surface area contributed by atoms with Crippen molar-refractivity contribution in [2.24, 2.45) is 0 Å². The van der Waals surface area contributed by atoms with Crippen LogP contribution in [0.4, 0.5) is 0 Å². The number of phenolic OH excluding ortho intramolecular Hbond substituents is 1. The van der Waals surface area contributed by atoms with Gasteiger partial charge in [0.05, 0.1) is 0 Å². The number of phenols is 1. The molecule has 14 heavy (non-hydrogen) atoms. The topological polar surface area (TPSA) is 20.2 Å². The Kier molecular flexibility index (Phi) is 2.40. The first-order valence-electron chi connectivity index (χ1n) is 4.90. The molecular weight excluding hydrogens is 172 g/mol. The summed E-state index contributed by atoms with van der Waals surface area (Å²) >= 11 is 0. The summed E-state index contributed by atoms with van der Waals surface area (Å²) in [5, 5.41) is 9.73. The zero-order valence-corrected chi connectivity index (χ0v) is 8.27. The van der Waals surface area contributed by atoms with Gasteiger partial charge in [0.25, 0.3) is 0 Å². The molecule has 0 saturated carbocycles. The van der Waals surface area contributed by atoms with E-state index in [2.05, 4.69) is 25.2 Å². The van der Waals surface area contributed by atoms with E-state index in [0.717, 1.165) is 12.0 Å². The third-order valence-electron chi connectivity index (χ3n) is 2.73. The van der Waals surface area contributed by atoms with Crippen molar-refractivity contribution in [3.8, 4) is 5.75 Å². The highest BCUT2D eigenvalue weighted by Gasteiger charge is 2.16. The molecule has 1 N–H and O–H groups in total. The van der Waals surface area contributed by atoms with Crippen LogP contribution in [0.1, 0.15) is 24.8 Å². The van der Waals surface area contributed by atoms with Gasteiger partial charge in [-0.2, -0.15) is 0 Å². The van der Waals surface area contributed by atoms with Gasteiger partial charge in [-0.15, -0.1) is 0 Å². The van der Waals surface area contributed by atoms with Gasteiger partial charge in [0.2, 0.25) is 0 Å². The van der Waals surface area contributed by atoms with Crippen molar-refractivity contribution in [3.05, 3.63) is 53.6 Å². The van der Waals surface area contributed by atoms with Crippen LogP contribution >= 0.6 is 0 Å². The molecule has 1 aliphatic rings. The lowest BCUT2D eigenvalue weighted by molar-refractivity contribution is 0.464. The molecule has 0 saturated heterocycles. The summed E-state index contributed by atoms with van der Waals surface area (Å²) in [6.45, 7) is 2.11. The second-order valence-corrected chi connectivity index (χ2v) is 3.69. The van der Waals surface area contributed by atoms with Crippen LogP contribution in [0.2, 0.25) is 0 Å². The van der Waals surface area contributed by atoms with Gasteiger partial charge in [0.1, 0.15) is 5.75 Å². The van der Waals surface area contributed by atoms with E-state index in [4.69, 9.17) is 0 Å². The predicted octanol–water partition coefficient (Wildman–Crippen LogP) is 3.38. The number of aromatic hydroxyl groups is 1. The third-order valence-corrected chi connectivity index (χ3v) is 2.73. The molecule has 1 aromatic rings. The highest BCUT2D eigenvalue weighted by molar-refractivity contribution is 5.41. The normalized spacial score (nSPS) is 20.6. The summed E-state index contributed by atoms with van der Waals surface area (Å²) in [5.74, 6) is 0.752. The first-order chi connectivity index (χ1) is 6.79. The zero-order valence-electron chi connectivity index (χ0n) is 8.27. The monoisotopic (exact) mass is 186 g/mol. The Morgan fingerprint density at radius 3 is 2.79 bits per heavy atom. The molecule has 0 aromatic heterocycles. The van der Waals surface area contributed by atoms with Gasteiger partial charge in [-0.1, -0.05) is 42.0 Å². The Bertz CT molecular complexity index is 388. The molecule has 1 unspecified atom stereocenters. The Hall–Kier alpha value is -1.50. The summed E-state index contributed by atoms with van der Waals surface area (Å²) in [4.78, 5) is 0. The summed E-state index contributed by atoms with van der Waals surface area (Å²) in [6.07, 6.45) is 7.32. The van der Waals surface area contributed by atoms with E-state index in [0.29, 0.717) is 11.7 Å². The van der Waals surface area contributed by atoms with Crippen molar-refractivity contribution >= 4 is 0 Å². The first-order valence-corrected chi connectivity index (χ1v) is 4.90. The molecule has 0 spiro atoms. The van der Waals surface area contributed by atoms with Crippen molar-refractivity contribution in [1.29, 1.82) is 0 Å². The summed E-state index contributed by atoms with van der Waals surface area (Å²) in [6, 6.07) is 7.58. The average molecular weight is 186 g/mol. The minimum Gasteiger partial charge on any atom is -0.508 e. The molecule has 72 valence electrons. The molecule has 0 fully saturated rings. The summed E-state index contributed by atoms with van der Waals surface area (Å²) in [7, 11) is 0. The van der Waals surface area contributed by atoms with E-state index in [9.17, 15) is 5.11 Å². The van der Waals surface area contributed by atoms with Crippen LogP contribution in [0.15, 0.2) is 48.1 Å². The van der Waals surface area contributed by atoms with Crippen LogP contribution in [-0.2, 0) is 0 Å². The largest absolute Gasteiger partial charge is 0.508 e. The van der Waals surface area contributed by atoms with Gasteiger partial charge in [0, 0.05) is 11.5 Å². The van der Waals surface area contributed by atoms with Gasteiger partial charge in [-0.25, -0.2) is 0 Å². The lowest BCUT2D eigenvalue weighted by Crippen LogP contribution is -2.02. The van der Waals surface area contributed by atoms with Crippen LogP contribution in [-0.4, -0.2) is 5.11 Å².